The predicted molar refractivity (Wildman–Crippen MR) is 134 cm³/mol. The molecule has 1 heterocycles. The first-order valence-electron chi connectivity index (χ1n) is 11.9. The Balaban J connectivity index is 0.00000127. The van der Waals surface area contributed by atoms with E-state index >= 15 is 0 Å². The summed E-state index contributed by atoms with van der Waals surface area (Å²) < 4.78 is 1.10. The molecule has 7 rings (SSSR count). The van der Waals surface area contributed by atoms with E-state index in [-0.39, 0.29) is 24.8 Å². The van der Waals surface area contributed by atoms with Gasteiger partial charge in [0.15, 0.2) is 0 Å². The number of halogens is 2. The van der Waals surface area contributed by atoms with Crippen molar-refractivity contribution in [2.75, 3.05) is 0 Å². The number of hydrogen-bond donors (Lipinski definition) is 0. The standard InChI is InChI=1S/C32H24.2ClH.Ti/c1-3-11-23(12-4-1)31-21-25-15-7-9-17-27(25)29(31)19-20-30-28-18-10-8-16-26(28)22-32(30)24-13-5-2-6-14-24;;;/h1-18,21-22H,19-20H2;2*1H;/q;;;+2/p-2. The Morgan fingerprint density at radius 3 is 1.26 bits per heavy atom. The molecule has 4 aromatic carbocycles. The van der Waals surface area contributed by atoms with Crippen LogP contribution in [0.15, 0.2) is 109 Å². The number of hydrogen-bond acceptors (Lipinski definition) is 0. The van der Waals surface area contributed by atoms with E-state index in [1.807, 2.05) is 0 Å². The van der Waals surface area contributed by atoms with Crippen LogP contribution in [-0.4, -0.2) is 0 Å². The molecule has 0 aromatic heterocycles. The number of rotatable bonds is 2. The van der Waals surface area contributed by atoms with E-state index in [1.165, 1.54) is 22.3 Å². The molecule has 2 aliphatic carbocycles. The fraction of sp³-hybridized carbons (Fsp3) is 0.125. The molecule has 0 saturated carbocycles. The molecule has 0 nitrogen and oxygen atoms in total. The van der Waals surface area contributed by atoms with Crippen LogP contribution in [0, 0.1) is 0 Å². The van der Waals surface area contributed by atoms with Gasteiger partial charge >= 0.3 is 205 Å². The summed E-state index contributed by atoms with van der Waals surface area (Å²) >= 11 is -0.405. The third-order valence-corrected chi connectivity index (χ3v) is 10.5. The van der Waals surface area contributed by atoms with Crippen LogP contribution in [0.3, 0.4) is 0 Å². The van der Waals surface area contributed by atoms with E-state index in [9.17, 15) is 0 Å². The Labute approximate surface area is 228 Å². The normalized spacial score (nSPS) is 19.1. The second-order valence-corrected chi connectivity index (χ2v) is 11.5. The molecule has 0 radical (unpaired) electrons. The van der Waals surface area contributed by atoms with Crippen LogP contribution in [0.25, 0.3) is 22.3 Å². The minimum atomic E-state index is -0.405. The molecule has 2 unspecified atom stereocenters. The molecule has 0 saturated heterocycles. The average molecular weight is 527 g/mol. The monoisotopic (exact) mass is 526 g/mol. The molecule has 1 aliphatic heterocycles. The van der Waals surface area contributed by atoms with Gasteiger partial charge in [-0.15, -0.1) is 0 Å². The summed E-state index contributed by atoms with van der Waals surface area (Å²) in [5, 5.41) is 0. The molecule has 4 aromatic rings. The molecule has 0 amide bonds. The SMILES string of the molecule is [Cl-].[Cl-].c1ccc(C2=C3CCC4=C(c5ccccc5)[CH]([Ti+2][CH]2c2ccccc23)c2ccccc24)cc1. The van der Waals surface area contributed by atoms with Crippen LogP contribution in [0.5, 0.6) is 0 Å². The van der Waals surface area contributed by atoms with Crippen molar-refractivity contribution < 1.29 is 44.0 Å². The van der Waals surface area contributed by atoms with Gasteiger partial charge in [0.05, 0.1) is 0 Å². The Morgan fingerprint density at radius 1 is 0.457 bits per heavy atom. The molecule has 3 aliphatic rings. The summed E-state index contributed by atoms with van der Waals surface area (Å²) in [5.41, 5.74) is 15.5. The topological polar surface area (TPSA) is 0 Å². The Bertz CT molecular complexity index is 1330. The zero-order valence-electron chi connectivity index (χ0n) is 19.2. The van der Waals surface area contributed by atoms with Gasteiger partial charge in [-0.25, -0.2) is 0 Å². The Hall–Kier alpha value is -2.35. The summed E-state index contributed by atoms with van der Waals surface area (Å²) in [6.07, 6.45) is 2.22. The molecular formula is C32H24Cl2Ti. The number of allylic oxidation sites excluding steroid dienone is 4. The number of benzene rings is 4. The van der Waals surface area contributed by atoms with E-state index in [0.29, 0.717) is 8.45 Å². The maximum atomic E-state index is 2.41. The summed E-state index contributed by atoms with van der Waals surface area (Å²) in [5.74, 6) is 0. The van der Waals surface area contributed by atoms with Crippen LogP contribution in [-0.2, 0) is 19.2 Å². The van der Waals surface area contributed by atoms with Gasteiger partial charge in [0.2, 0.25) is 0 Å². The second kappa shape index (κ2) is 9.96. The third-order valence-electron chi connectivity index (χ3n) is 7.55. The van der Waals surface area contributed by atoms with E-state index < -0.39 is 19.2 Å². The first-order valence-corrected chi connectivity index (χ1v) is 13.7. The van der Waals surface area contributed by atoms with Crippen molar-refractivity contribution in [2.24, 2.45) is 0 Å². The van der Waals surface area contributed by atoms with Crippen molar-refractivity contribution in [1.29, 1.82) is 0 Å². The minimum absolute atomic E-state index is 0. The van der Waals surface area contributed by atoms with Gasteiger partial charge in [0, 0.05) is 0 Å². The van der Waals surface area contributed by atoms with Gasteiger partial charge < -0.3 is 24.8 Å². The molecule has 3 heteroatoms. The first-order chi connectivity index (χ1) is 16.4. The fourth-order valence-electron chi connectivity index (χ4n) is 6.22. The zero-order valence-corrected chi connectivity index (χ0v) is 22.3. The summed E-state index contributed by atoms with van der Waals surface area (Å²) in [6, 6.07) is 41.0. The molecule has 0 N–H and O–H groups in total. The molecule has 0 spiro atoms. The van der Waals surface area contributed by atoms with Gasteiger partial charge in [-0.05, 0) is 0 Å². The van der Waals surface area contributed by atoms with E-state index in [1.54, 1.807) is 33.4 Å². The van der Waals surface area contributed by atoms with Gasteiger partial charge in [0.1, 0.15) is 0 Å². The predicted octanol–water partition coefficient (Wildman–Crippen LogP) is 2.20. The summed E-state index contributed by atoms with van der Waals surface area (Å²) in [7, 11) is 0. The second-order valence-electron chi connectivity index (χ2n) is 9.22. The van der Waals surface area contributed by atoms with Crippen LogP contribution in [0.4, 0.5) is 0 Å². The van der Waals surface area contributed by atoms with Crippen molar-refractivity contribution in [3.8, 4) is 0 Å². The van der Waals surface area contributed by atoms with Crippen LogP contribution in [0.2, 0.25) is 0 Å². The quantitative estimate of drug-likeness (QED) is 0.351. The molecular weight excluding hydrogens is 503 g/mol. The van der Waals surface area contributed by atoms with Crippen LogP contribution >= 0.6 is 0 Å². The first kappa shape index (κ1) is 24.4. The molecule has 35 heavy (non-hydrogen) atoms. The molecule has 4 bridgehead atoms. The van der Waals surface area contributed by atoms with E-state index in [4.69, 9.17) is 0 Å². The Kier molecular flexibility index (Phi) is 6.93. The van der Waals surface area contributed by atoms with Crippen molar-refractivity contribution in [1.82, 2.24) is 0 Å². The van der Waals surface area contributed by atoms with E-state index in [2.05, 4.69) is 109 Å². The number of fused-ring (bicyclic) bond motifs is 8. The van der Waals surface area contributed by atoms with Gasteiger partial charge in [-0.2, -0.15) is 0 Å². The van der Waals surface area contributed by atoms with Gasteiger partial charge in [0.25, 0.3) is 0 Å². The van der Waals surface area contributed by atoms with Crippen molar-refractivity contribution in [3.05, 3.63) is 143 Å². The fourth-order valence-corrected chi connectivity index (χ4v) is 9.67. The van der Waals surface area contributed by atoms with Gasteiger partial charge in [-0.1, -0.05) is 0 Å². The van der Waals surface area contributed by atoms with Crippen molar-refractivity contribution in [2.45, 2.75) is 21.3 Å². The Morgan fingerprint density at radius 2 is 0.829 bits per heavy atom. The third kappa shape index (κ3) is 3.88. The van der Waals surface area contributed by atoms with Gasteiger partial charge in [-0.3, -0.25) is 0 Å². The maximum absolute atomic E-state index is 2.41. The summed E-state index contributed by atoms with van der Waals surface area (Å²) in [4.78, 5) is 0. The molecule has 2 atom stereocenters. The van der Waals surface area contributed by atoms with E-state index in [0.717, 1.165) is 12.8 Å². The molecule has 170 valence electrons. The zero-order chi connectivity index (χ0) is 21.8. The van der Waals surface area contributed by atoms with Crippen LogP contribution < -0.4 is 24.8 Å². The summed E-state index contributed by atoms with van der Waals surface area (Å²) in [6.45, 7) is 0. The average Bonchev–Trinajstić information content (AvgIpc) is 3.38. The van der Waals surface area contributed by atoms with Crippen LogP contribution in [0.1, 0.15) is 54.7 Å². The van der Waals surface area contributed by atoms with Crippen molar-refractivity contribution >= 4 is 22.3 Å². The molecule has 0 fully saturated rings. The van der Waals surface area contributed by atoms with Crippen molar-refractivity contribution in [3.63, 3.8) is 0 Å².